The Bertz CT molecular complexity index is 819. The Labute approximate surface area is 185 Å². The predicted octanol–water partition coefficient (Wildman–Crippen LogP) is 7.14. The highest BCUT2D eigenvalue weighted by Gasteiger charge is 2.42. The van der Waals surface area contributed by atoms with Gasteiger partial charge in [-0.2, -0.15) is 0 Å². The second-order valence-corrected chi connectivity index (χ2v) is 17.2. The van der Waals surface area contributed by atoms with Crippen molar-refractivity contribution in [2.24, 2.45) is 0 Å². The van der Waals surface area contributed by atoms with Crippen LogP contribution in [-0.4, -0.2) is 20.1 Å². The molecule has 0 heterocycles. The van der Waals surface area contributed by atoms with E-state index in [1.807, 2.05) is 60.7 Å². The topological polar surface area (TPSA) is 26.3 Å². The van der Waals surface area contributed by atoms with E-state index in [-0.39, 0.29) is 10.6 Å². The average molecular weight is 443 g/mol. The zero-order valence-electron chi connectivity index (χ0n) is 19.8. The third kappa shape index (κ3) is 5.63. The highest BCUT2D eigenvalue weighted by molar-refractivity contribution is 7.78. The molecule has 30 heavy (non-hydrogen) atoms. The molecule has 2 rings (SSSR count). The average Bonchev–Trinajstić information content (AvgIpc) is 2.73. The van der Waals surface area contributed by atoms with Gasteiger partial charge < -0.3 is 8.99 Å². The number of allylic oxidation sites excluding steroid dienone is 1. The molecule has 0 amide bonds. The summed E-state index contributed by atoms with van der Waals surface area (Å²) in [6.07, 6.45) is 6.64. The fourth-order valence-corrected chi connectivity index (χ4v) is 7.55. The smallest absolute Gasteiger partial charge is 0.193 e. The Morgan fingerprint density at radius 1 is 0.867 bits per heavy atom. The van der Waals surface area contributed by atoms with Gasteiger partial charge in [0, 0.05) is 16.8 Å². The largest absolute Gasteiger partial charge is 0.408 e. The van der Waals surface area contributed by atoms with Crippen LogP contribution in [0.5, 0.6) is 0 Å². The zero-order chi connectivity index (χ0) is 22.5. The Hall–Kier alpha value is -1.41. The van der Waals surface area contributed by atoms with E-state index in [1.165, 1.54) is 0 Å². The van der Waals surface area contributed by atoms with Crippen molar-refractivity contribution < 1.29 is 8.99 Å². The van der Waals surface area contributed by atoms with Crippen LogP contribution in [0.15, 0.2) is 72.8 Å². The van der Waals surface area contributed by atoms with Gasteiger partial charge >= 0.3 is 0 Å². The summed E-state index contributed by atoms with van der Waals surface area (Å²) in [5.74, 6) is 0. The van der Waals surface area contributed by atoms with Crippen LogP contribution in [0.4, 0.5) is 0 Å². The fraction of sp³-hybridized carbons (Fsp3) is 0.462. The second-order valence-electron chi connectivity index (χ2n) is 9.63. The van der Waals surface area contributed by atoms with E-state index in [1.54, 1.807) is 0 Å². The van der Waals surface area contributed by atoms with Gasteiger partial charge in [0.2, 0.25) is 0 Å². The Morgan fingerprint density at radius 3 is 1.67 bits per heavy atom. The van der Waals surface area contributed by atoms with Crippen LogP contribution in [0.1, 0.15) is 47.5 Å². The molecule has 0 fully saturated rings. The summed E-state index contributed by atoms with van der Waals surface area (Å²) in [5, 5.41) is 1.97. The fourth-order valence-electron chi connectivity index (χ4n) is 3.44. The van der Waals surface area contributed by atoms with Crippen molar-refractivity contribution in [3.63, 3.8) is 0 Å². The molecule has 0 spiro atoms. The summed E-state index contributed by atoms with van der Waals surface area (Å²) in [6, 6.07) is 19.8. The Kier molecular flexibility index (Phi) is 8.13. The van der Waals surface area contributed by atoms with Crippen LogP contribution in [0.2, 0.25) is 18.1 Å². The molecule has 2 aromatic rings. The van der Waals surface area contributed by atoms with Gasteiger partial charge in [-0.25, -0.2) is 0 Å². The molecule has 0 aromatic heterocycles. The number of hydrogen-bond acceptors (Lipinski definition) is 2. The molecule has 0 aliphatic rings. The molecule has 2 aromatic carbocycles. The summed E-state index contributed by atoms with van der Waals surface area (Å²) in [6.45, 7) is 15.8. The summed E-state index contributed by atoms with van der Waals surface area (Å²) < 4.78 is 21.1. The summed E-state index contributed by atoms with van der Waals surface area (Å²) in [5.41, 5.74) is -0.304. The Balaban J connectivity index is 2.38. The van der Waals surface area contributed by atoms with Gasteiger partial charge in [-0.15, -0.1) is 0 Å². The number of benzene rings is 2. The first-order valence-corrected chi connectivity index (χ1v) is 15.9. The molecule has 2 nitrogen and oxygen atoms in total. The molecular formula is C26H39O2PSi. The summed E-state index contributed by atoms with van der Waals surface area (Å²) in [4.78, 5) is 0. The van der Waals surface area contributed by atoms with E-state index in [4.69, 9.17) is 4.43 Å². The minimum Gasteiger partial charge on any atom is -0.408 e. The zero-order valence-corrected chi connectivity index (χ0v) is 21.7. The molecule has 0 saturated carbocycles. The standard InChI is InChI=1S/C26H39O2PSi/c1-8-26(9-2,28-30(6,7)25(3,4)5)21-16-22-29(27,23-17-12-10-13-18-23)24-19-14-11-15-20-24/h10-21H,8-9,22H2,1-7H3/b21-16+. The molecule has 0 aliphatic carbocycles. The highest BCUT2D eigenvalue weighted by atomic mass is 31.2. The Morgan fingerprint density at radius 2 is 1.30 bits per heavy atom. The molecule has 0 N–H and O–H groups in total. The van der Waals surface area contributed by atoms with E-state index in [2.05, 4.69) is 59.9 Å². The van der Waals surface area contributed by atoms with Crippen molar-refractivity contribution in [1.82, 2.24) is 0 Å². The summed E-state index contributed by atoms with van der Waals surface area (Å²) in [7, 11) is -4.67. The molecule has 0 saturated heterocycles. The normalized spacial score (nSPS) is 13.7. The van der Waals surface area contributed by atoms with E-state index < -0.39 is 15.5 Å². The van der Waals surface area contributed by atoms with Crippen LogP contribution in [0.3, 0.4) is 0 Å². The lowest BCUT2D eigenvalue weighted by Gasteiger charge is -2.44. The van der Waals surface area contributed by atoms with E-state index in [9.17, 15) is 4.57 Å². The minimum absolute atomic E-state index is 0.153. The first-order valence-electron chi connectivity index (χ1n) is 11.1. The van der Waals surface area contributed by atoms with Crippen molar-refractivity contribution in [3.05, 3.63) is 72.8 Å². The van der Waals surface area contributed by atoms with Gasteiger partial charge in [0.25, 0.3) is 0 Å². The highest BCUT2D eigenvalue weighted by Crippen LogP contribution is 2.44. The predicted molar refractivity (Wildman–Crippen MR) is 135 cm³/mol. The van der Waals surface area contributed by atoms with Crippen molar-refractivity contribution in [1.29, 1.82) is 0 Å². The van der Waals surface area contributed by atoms with Gasteiger partial charge in [-0.1, -0.05) is 107 Å². The molecule has 0 unspecified atom stereocenters. The molecule has 164 valence electrons. The quantitative estimate of drug-likeness (QED) is 0.234. The maximum absolute atomic E-state index is 14.2. The van der Waals surface area contributed by atoms with Crippen LogP contribution in [0, 0.1) is 0 Å². The number of hydrogen-bond donors (Lipinski definition) is 0. The lowest BCUT2D eigenvalue weighted by molar-refractivity contribution is 0.0934. The maximum Gasteiger partial charge on any atom is 0.193 e. The second kappa shape index (κ2) is 9.81. The van der Waals surface area contributed by atoms with E-state index in [0.717, 1.165) is 23.5 Å². The van der Waals surface area contributed by atoms with Crippen LogP contribution in [0.25, 0.3) is 0 Å². The minimum atomic E-state index is -2.75. The van der Waals surface area contributed by atoms with E-state index >= 15 is 0 Å². The molecular weight excluding hydrogens is 403 g/mol. The lowest BCUT2D eigenvalue weighted by Crippen LogP contribution is -2.48. The molecule has 0 aliphatic heterocycles. The van der Waals surface area contributed by atoms with Crippen molar-refractivity contribution >= 4 is 26.1 Å². The van der Waals surface area contributed by atoms with Gasteiger partial charge in [0.05, 0.1) is 5.60 Å². The van der Waals surface area contributed by atoms with Crippen molar-refractivity contribution in [3.8, 4) is 0 Å². The third-order valence-corrected chi connectivity index (χ3v) is 14.1. The van der Waals surface area contributed by atoms with Gasteiger partial charge in [-0.3, -0.25) is 0 Å². The first kappa shape index (κ1) is 24.9. The van der Waals surface area contributed by atoms with Crippen molar-refractivity contribution in [2.45, 2.75) is 71.2 Å². The van der Waals surface area contributed by atoms with Crippen LogP contribution >= 0.6 is 7.14 Å². The monoisotopic (exact) mass is 442 g/mol. The van der Waals surface area contributed by atoms with Gasteiger partial charge in [0.1, 0.15) is 7.14 Å². The lowest BCUT2D eigenvalue weighted by atomic mass is 9.97. The molecule has 4 heteroatoms. The molecule has 0 atom stereocenters. The molecule has 0 bridgehead atoms. The van der Waals surface area contributed by atoms with Gasteiger partial charge in [-0.05, 0) is 31.0 Å². The first-order chi connectivity index (χ1) is 14.0. The maximum atomic E-state index is 14.2. The van der Waals surface area contributed by atoms with Crippen LogP contribution in [-0.2, 0) is 8.99 Å². The van der Waals surface area contributed by atoms with Gasteiger partial charge in [0.15, 0.2) is 8.32 Å². The SMILES string of the molecule is CCC(/C=C/CP(=O)(c1ccccc1)c1ccccc1)(CC)O[Si](C)(C)C(C)(C)C. The van der Waals surface area contributed by atoms with E-state index in [0.29, 0.717) is 6.16 Å². The molecule has 0 radical (unpaired) electrons. The number of rotatable bonds is 9. The third-order valence-electron chi connectivity index (χ3n) is 6.59. The van der Waals surface area contributed by atoms with Crippen LogP contribution < -0.4 is 10.6 Å². The summed E-state index contributed by atoms with van der Waals surface area (Å²) >= 11 is 0. The van der Waals surface area contributed by atoms with Crippen molar-refractivity contribution in [2.75, 3.05) is 6.16 Å².